The highest BCUT2D eigenvalue weighted by molar-refractivity contribution is 5.65. The van der Waals surface area contributed by atoms with Crippen molar-refractivity contribution >= 4 is 0 Å². The Morgan fingerprint density at radius 2 is 1.30 bits per heavy atom. The second-order valence-corrected chi connectivity index (χ2v) is 9.73. The number of ether oxygens (including phenoxy) is 2. The van der Waals surface area contributed by atoms with Gasteiger partial charge < -0.3 is 9.47 Å². The van der Waals surface area contributed by atoms with Gasteiger partial charge >= 0.3 is 0 Å². The maximum Gasteiger partial charge on any atom is 0.165 e. The van der Waals surface area contributed by atoms with Gasteiger partial charge in [0.05, 0.1) is 13.2 Å². The van der Waals surface area contributed by atoms with Gasteiger partial charge in [0.2, 0.25) is 0 Å². The molecule has 4 rings (SSSR count). The third-order valence-electron chi connectivity index (χ3n) is 7.68. The third-order valence-corrected chi connectivity index (χ3v) is 7.68. The van der Waals surface area contributed by atoms with Crippen LogP contribution in [0.5, 0.6) is 11.5 Å². The van der Waals surface area contributed by atoms with Crippen LogP contribution in [0.15, 0.2) is 49.1 Å². The van der Waals surface area contributed by atoms with Gasteiger partial charge in [-0.15, -0.1) is 6.58 Å². The topological polar surface area (TPSA) is 18.5 Å². The molecule has 0 atom stereocenters. The number of benzene rings is 2. The number of allylic oxidation sites excluding steroid dienone is 1. The summed E-state index contributed by atoms with van der Waals surface area (Å²) in [4.78, 5) is 0. The molecule has 0 saturated heterocycles. The summed E-state index contributed by atoms with van der Waals surface area (Å²) >= 11 is 0. The summed E-state index contributed by atoms with van der Waals surface area (Å²) in [6, 6.07) is 9.56. The lowest BCUT2D eigenvalue weighted by molar-refractivity contribution is 0.127. The Hall–Kier alpha value is -2.36. The molecular weight excluding hydrogens is 418 g/mol. The Labute approximate surface area is 197 Å². The van der Waals surface area contributed by atoms with Gasteiger partial charge in [-0.2, -0.15) is 0 Å². The van der Waals surface area contributed by atoms with Gasteiger partial charge in [0.25, 0.3) is 0 Å². The molecule has 2 aliphatic carbocycles. The van der Waals surface area contributed by atoms with Crippen LogP contribution >= 0.6 is 0 Å². The Morgan fingerprint density at radius 1 is 0.788 bits per heavy atom. The van der Waals surface area contributed by atoms with E-state index in [0.29, 0.717) is 30.3 Å². The molecule has 2 saturated carbocycles. The van der Waals surface area contributed by atoms with E-state index in [0.717, 1.165) is 30.6 Å². The molecule has 2 fully saturated rings. The fraction of sp³-hybridized carbons (Fsp3) is 0.517. The number of halogens is 2. The minimum absolute atomic E-state index is 0.209. The first-order valence-corrected chi connectivity index (χ1v) is 12.5. The molecule has 178 valence electrons. The maximum absolute atomic E-state index is 14.7. The molecule has 0 bridgehead atoms. The highest BCUT2D eigenvalue weighted by atomic mass is 19.1. The van der Waals surface area contributed by atoms with E-state index in [2.05, 4.69) is 12.7 Å². The first-order chi connectivity index (χ1) is 16.1. The monoisotopic (exact) mass is 454 g/mol. The molecule has 0 aliphatic heterocycles. The summed E-state index contributed by atoms with van der Waals surface area (Å²) in [6.07, 6.45) is 12.3. The van der Waals surface area contributed by atoms with E-state index < -0.39 is 11.6 Å². The minimum atomic E-state index is -0.445. The highest BCUT2D eigenvalue weighted by Crippen LogP contribution is 2.41. The Kier molecular flexibility index (Phi) is 8.06. The second-order valence-electron chi connectivity index (χ2n) is 9.73. The van der Waals surface area contributed by atoms with Crippen molar-refractivity contribution in [2.45, 2.75) is 58.3 Å². The van der Waals surface area contributed by atoms with E-state index in [-0.39, 0.29) is 11.5 Å². The van der Waals surface area contributed by atoms with E-state index in [1.807, 2.05) is 6.92 Å². The van der Waals surface area contributed by atoms with Gasteiger partial charge in [0, 0.05) is 0 Å². The first kappa shape index (κ1) is 23.8. The van der Waals surface area contributed by atoms with E-state index in [1.54, 1.807) is 24.3 Å². The van der Waals surface area contributed by atoms with Crippen molar-refractivity contribution in [2.24, 2.45) is 23.7 Å². The lowest BCUT2D eigenvalue weighted by Crippen LogP contribution is -2.27. The molecule has 0 radical (unpaired) electrons. The highest BCUT2D eigenvalue weighted by Gasteiger charge is 2.30. The van der Waals surface area contributed by atoms with Crippen LogP contribution in [0.25, 0.3) is 11.1 Å². The van der Waals surface area contributed by atoms with Gasteiger partial charge in [-0.25, -0.2) is 8.78 Å². The molecule has 2 nitrogen and oxygen atoms in total. The summed E-state index contributed by atoms with van der Waals surface area (Å²) in [7, 11) is 0. The predicted molar refractivity (Wildman–Crippen MR) is 130 cm³/mol. The van der Waals surface area contributed by atoms with Gasteiger partial charge in [0.1, 0.15) is 0 Å². The summed E-state index contributed by atoms with van der Waals surface area (Å²) < 4.78 is 40.0. The van der Waals surface area contributed by atoms with Gasteiger partial charge in [0.15, 0.2) is 23.1 Å². The van der Waals surface area contributed by atoms with E-state index >= 15 is 0 Å². The molecule has 33 heavy (non-hydrogen) atoms. The van der Waals surface area contributed by atoms with Crippen LogP contribution in [0, 0.1) is 35.3 Å². The predicted octanol–water partition coefficient (Wildman–Crippen LogP) is 8.21. The zero-order chi connectivity index (χ0) is 23.2. The maximum atomic E-state index is 14.7. The number of hydrogen-bond acceptors (Lipinski definition) is 2. The summed E-state index contributed by atoms with van der Waals surface area (Å²) in [5.41, 5.74) is 1.23. The molecule has 0 unspecified atom stereocenters. The number of rotatable bonds is 8. The lowest BCUT2D eigenvalue weighted by Gasteiger charge is -2.37. The first-order valence-electron chi connectivity index (χ1n) is 12.5. The average Bonchev–Trinajstić information content (AvgIpc) is 2.85. The van der Waals surface area contributed by atoms with Crippen molar-refractivity contribution in [1.82, 2.24) is 0 Å². The Balaban J connectivity index is 1.27. The Bertz CT molecular complexity index is 925. The van der Waals surface area contributed by atoms with Crippen molar-refractivity contribution in [3.63, 3.8) is 0 Å². The minimum Gasteiger partial charge on any atom is -0.491 e. The van der Waals surface area contributed by atoms with E-state index in [9.17, 15) is 8.78 Å². The van der Waals surface area contributed by atoms with Crippen molar-refractivity contribution in [3.05, 3.63) is 60.7 Å². The van der Waals surface area contributed by atoms with Crippen LogP contribution in [-0.2, 0) is 0 Å². The van der Waals surface area contributed by atoms with Crippen LogP contribution in [0.1, 0.15) is 58.3 Å². The third kappa shape index (κ3) is 5.96. The largest absolute Gasteiger partial charge is 0.491 e. The van der Waals surface area contributed by atoms with Crippen LogP contribution in [-0.4, -0.2) is 13.2 Å². The molecule has 2 aromatic rings. The quantitative estimate of drug-likeness (QED) is 0.374. The zero-order valence-corrected chi connectivity index (χ0v) is 19.7. The zero-order valence-electron chi connectivity index (χ0n) is 19.7. The van der Waals surface area contributed by atoms with Crippen molar-refractivity contribution in [2.75, 3.05) is 13.2 Å². The molecule has 0 N–H and O–H groups in total. The molecular formula is C29H36F2O2. The summed E-state index contributed by atoms with van der Waals surface area (Å²) in [5, 5.41) is 0. The second kappa shape index (κ2) is 11.2. The molecule has 0 aromatic heterocycles. The van der Waals surface area contributed by atoms with Gasteiger partial charge in [-0.1, -0.05) is 18.2 Å². The summed E-state index contributed by atoms with van der Waals surface area (Å²) in [6.45, 7) is 6.72. The van der Waals surface area contributed by atoms with E-state index in [4.69, 9.17) is 9.47 Å². The molecule has 0 amide bonds. The lowest BCUT2D eigenvalue weighted by atomic mass is 9.69. The number of hydrogen-bond donors (Lipinski definition) is 0. The van der Waals surface area contributed by atoms with Crippen LogP contribution < -0.4 is 9.47 Å². The smallest absolute Gasteiger partial charge is 0.165 e. The van der Waals surface area contributed by atoms with Crippen LogP contribution in [0.4, 0.5) is 8.78 Å². The van der Waals surface area contributed by atoms with Crippen molar-refractivity contribution < 1.29 is 18.3 Å². The summed E-state index contributed by atoms with van der Waals surface area (Å²) in [5.74, 6) is 2.56. The molecule has 2 aliphatic rings. The van der Waals surface area contributed by atoms with Crippen LogP contribution in [0.3, 0.4) is 0 Å². The van der Waals surface area contributed by atoms with E-state index in [1.165, 1.54) is 50.7 Å². The van der Waals surface area contributed by atoms with Crippen molar-refractivity contribution in [3.8, 4) is 22.6 Å². The molecule has 0 spiro atoms. The Morgan fingerprint density at radius 3 is 1.79 bits per heavy atom. The molecule has 2 aromatic carbocycles. The average molecular weight is 455 g/mol. The van der Waals surface area contributed by atoms with Crippen molar-refractivity contribution in [1.29, 1.82) is 0 Å². The standard InChI is InChI=1S/C29H36F2O2/c1-3-20-5-9-22(10-6-20)23-11-7-21(8-12-23)19-33-29-16-14-25(18-27(29)31)24-13-15-28(32-4-2)26(30)17-24/h3,13-18,20-23H,1,4-12,19H2,2H3. The fourth-order valence-electron chi connectivity index (χ4n) is 5.64. The normalized spacial score (nSPS) is 25.4. The van der Waals surface area contributed by atoms with Crippen LogP contribution in [0.2, 0.25) is 0 Å². The molecule has 0 heterocycles. The van der Waals surface area contributed by atoms with Gasteiger partial charge in [-0.3, -0.25) is 0 Å². The van der Waals surface area contributed by atoms with Gasteiger partial charge in [-0.05, 0) is 117 Å². The fourth-order valence-corrected chi connectivity index (χ4v) is 5.64. The molecule has 4 heteroatoms. The SMILES string of the molecule is C=CC1CCC(C2CCC(COc3ccc(-c4ccc(OCC)c(F)c4)cc3F)CC2)CC1.